The van der Waals surface area contributed by atoms with Crippen molar-refractivity contribution >= 4 is 39.2 Å². The van der Waals surface area contributed by atoms with Gasteiger partial charge in [0.1, 0.15) is 17.8 Å². The number of aliphatic hydroxyl groups excluding tert-OH is 1. The molecule has 12 nitrogen and oxygen atoms in total. The van der Waals surface area contributed by atoms with Crippen molar-refractivity contribution in [2.45, 2.75) is 121 Å². The van der Waals surface area contributed by atoms with Gasteiger partial charge in [-0.2, -0.15) is 8.42 Å². The number of thiazole rings is 1. The summed E-state index contributed by atoms with van der Waals surface area (Å²) >= 11 is 1.51. The van der Waals surface area contributed by atoms with Crippen LogP contribution in [-0.4, -0.2) is 84.2 Å². The van der Waals surface area contributed by atoms with Crippen LogP contribution in [0.3, 0.4) is 0 Å². The Balaban J connectivity index is 1.11. The van der Waals surface area contributed by atoms with Gasteiger partial charge in [-0.05, 0) is 87.5 Å². The SMILES string of the molecule is Cc1ccc(S(=O)(=O)OCC2CCC(Oc3cc(-c4scnc4C)ccc3CNC(=O)[C@@H]3C[C@@H](O)CN3C(=O)[C@@H](NC(=O)C3(F)CC3)C(C)(C)C)CC2)cc1. The topological polar surface area (TPSA) is 164 Å². The van der Waals surface area contributed by atoms with Gasteiger partial charge < -0.3 is 25.4 Å². The second-order valence-corrected chi connectivity index (χ2v) is 18.7. The van der Waals surface area contributed by atoms with Crippen molar-refractivity contribution in [2.75, 3.05) is 13.2 Å². The number of benzene rings is 2. The number of rotatable bonds is 13. The number of aryl methyl sites for hydroxylation is 2. The van der Waals surface area contributed by atoms with E-state index in [-0.39, 0.29) is 55.9 Å². The lowest BCUT2D eigenvalue weighted by molar-refractivity contribution is -0.145. The van der Waals surface area contributed by atoms with Gasteiger partial charge in [-0.3, -0.25) is 18.6 Å². The van der Waals surface area contributed by atoms with Crippen molar-refractivity contribution in [1.29, 1.82) is 0 Å². The van der Waals surface area contributed by atoms with E-state index in [2.05, 4.69) is 15.6 Å². The Kier molecular flexibility index (Phi) is 12.1. The number of likely N-dealkylation sites (tertiary alicyclic amines) is 1. The summed E-state index contributed by atoms with van der Waals surface area (Å²) in [7, 11) is -3.86. The van der Waals surface area contributed by atoms with Gasteiger partial charge in [0.05, 0.1) is 39.8 Å². The summed E-state index contributed by atoms with van der Waals surface area (Å²) in [6, 6.07) is 10.3. The zero-order valence-corrected chi connectivity index (χ0v) is 33.6. The van der Waals surface area contributed by atoms with Crippen LogP contribution in [0.25, 0.3) is 10.4 Å². The summed E-state index contributed by atoms with van der Waals surface area (Å²) in [4.78, 5) is 47.1. The second-order valence-electron chi connectivity index (χ2n) is 16.3. The maximum Gasteiger partial charge on any atom is 0.296 e. The molecule has 55 heavy (non-hydrogen) atoms. The maximum absolute atomic E-state index is 14.6. The average molecular weight is 799 g/mol. The average Bonchev–Trinajstić information content (AvgIpc) is 3.55. The van der Waals surface area contributed by atoms with E-state index in [1.165, 1.54) is 16.2 Å². The number of nitrogens with zero attached hydrogens (tertiary/aromatic N) is 2. The molecule has 1 aromatic heterocycles. The highest BCUT2D eigenvalue weighted by atomic mass is 32.2. The molecule has 15 heteroatoms. The molecule has 1 saturated heterocycles. The molecule has 1 aliphatic heterocycles. The number of carbonyl (C=O) groups is 3. The van der Waals surface area contributed by atoms with E-state index < -0.39 is 57.1 Å². The monoisotopic (exact) mass is 798 g/mol. The minimum Gasteiger partial charge on any atom is -0.490 e. The van der Waals surface area contributed by atoms with E-state index in [1.807, 2.05) is 32.0 Å². The Morgan fingerprint density at radius 2 is 1.76 bits per heavy atom. The quantitative estimate of drug-likeness (QED) is 0.193. The van der Waals surface area contributed by atoms with Gasteiger partial charge in [0.25, 0.3) is 16.0 Å². The molecular formula is C40H51FN4O8S2. The van der Waals surface area contributed by atoms with Crippen molar-refractivity contribution in [3.63, 3.8) is 0 Å². The van der Waals surface area contributed by atoms with Crippen LogP contribution in [0.4, 0.5) is 4.39 Å². The standard InChI is InChI=1S/C40H51FN4O8S2/c1-24-6-14-31(15-7-24)55(50,51)52-22-26-8-12-30(13-9-26)53-33-18-27(34-25(2)43-23-54-34)10-11-28(33)20-42-36(47)32-19-29(46)21-45(32)37(48)35(39(3,4)5)44-38(49)40(41)16-17-40/h6-7,10-11,14-15,18,23,26,29-30,32,35,46H,8-9,12-13,16-17,19-22H2,1-5H3,(H,42,47)(H,44,49)/t26?,29-,30?,32+,35-/m1/s1. The highest BCUT2D eigenvalue weighted by Crippen LogP contribution is 2.41. The third-order valence-corrected chi connectivity index (χ3v) is 13.0. The van der Waals surface area contributed by atoms with Crippen molar-refractivity contribution in [3.8, 4) is 16.2 Å². The largest absolute Gasteiger partial charge is 0.490 e. The molecule has 3 fully saturated rings. The summed E-state index contributed by atoms with van der Waals surface area (Å²) in [5.74, 6) is -1.22. The molecule has 6 rings (SSSR count). The van der Waals surface area contributed by atoms with Crippen LogP contribution in [0.2, 0.25) is 0 Å². The molecule has 298 valence electrons. The van der Waals surface area contributed by atoms with E-state index in [0.717, 1.165) is 21.7 Å². The molecule has 3 aromatic rings. The van der Waals surface area contributed by atoms with Gasteiger partial charge in [-0.25, -0.2) is 9.37 Å². The zero-order chi connectivity index (χ0) is 39.7. The molecule has 3 N–H and O–H groups in total. The first-order valence-electron chi connectivity index (χ1n) is 18.9. The van der Waals surface area contributed by atoms with Gasteiger partial charge >= 0.3 is 0 Å². The highest BCUT2D eigenvalue weighted by molar-refractivity contribution is 7.86. The number of hydrogen-bond acceptors (Lipinski definition) is 10. The molecule has 2 aliphatic carbocycles. The molecule has 3 amide bonds. The number of alkyl halides is 1. The van der Waals surface area contributed by atoms with Gasteiger partial charge in [0, 0.05) is 25.1 Å². The summed E-state index contributed by atoms with van der Waals surface area (Å²) in [5, 5.41) is 16.1. The second kappa shape index (κ2) is 16.3. The molecular weight excluding hydrogens is 748 g/mol. The Morgan fingerprint density at radius 3 is 2.38 bits per heavy atom. The molecule has 2 aromatic carbocycles. The fourth-order valence-corrected chi connectivity index (χ4v) is 8.88. The summed E-state index contributed by atoms with van der Waals surface area (Å²) in [5.41, 5.74) is 2.49. The Hall–Kier alpha value is -3.92. The van der Waals surface area contributed by atoms with Crippen molar-refractivity contribution in [3.05, 3.63) is 64.8 Å². The number of halogens is 1. The normalized spacial score (nSPS) is 22.9. The third kappa shape index (κ3) is 9.73. The minimum absolute atomic E-state index is 0.0155. The molecule has 2 heterocycles. The van der Waals surface area contributed by atoms with E-state index in [4.69, 9.17) is 8.92 Å². The van der Waals surface area contributed by atoms with Crippen LogP contribution in [0.1, 0.15) is 82.5 Å². The number of nitrogens with one attached hydrogen (secondary N) is 2. The van der Waals surface area contributed by atoms with E-state index in [9.17, 15) is 32.3 Å². The molecule has 3 aliphatic rings. The lowest BCUT2D eigenvalue weighted by Crippen LogP contribution is -2.59. The Morgan fingerprint density at radius 1 is 1.07 bits per heavy atom. The minimum atomic E-state index is -3.86. The van der Waals surface area contributed by atoms with E-state index >= 15 is 0 Å². The van der Waals surface area contributed by atoms with Crippen molar-refractivity contribution in [1.82, 2.24) is 20.5 Å². The number of β-amino-alcohol motifs (C(OH)–C–C–N with tert-alkyl or cyclic N) is 1. The Labute approximate surface area is 326 Å². The predicted octanol–water partition coefficient (Wildman–Crippen LogP) is 5.38. The summed E-state index contributed by atoms with van der Waals surface area (Å²) in [6.45, 7) is 9.17. The molecule has 0 unspecified atom stereocenters. The van der Waals surface area contributed by atoms with Gasteiger partial charge in [0.2, 0.25) is 11.8 Å². The third-order valence-electron chi connectivity index (χ3n) is 10.7. The predicted molar refractivity (Wildman–Crippen MR) is 205 cm³/mol. The summed E-state index contributed by atoms with van der Waals surface area (Å²) in [6.07, 6.45) is 1.91. The van der Waals surface area contributed by atoms with Crippen LogP contribution in [0.15, 0.2) is 52.9 Å². The zero-order valence-electron chi connectivity index (χ0n) is 32.0. The first-order chi connectivity index (χ1) is 25.9. The molecule has 3 atom stereocenters. The van der Waals surface area contributed by atoms with E-state index in [0.29, 0.717) is 37.0 Å². The molecule has 2 saturated carbocycles. The fraction of sp³-hybridized carbons (Fsp3) is 0.550. The van der Waals surface area contributed by atoms with Gasteiger partial charge in [-0.15, -0.1) is 11.3 Å². The molecule has 0 radical (unpaired) electrons. The lowest BCUT2D eigenvalue weighted by Gasteiger charge is -2.35. The Bertz CT molecular complexity index is 1990. The number of aliphatic hydroxyl groups is 1. The van der Waals surface area contributed by atoms with Crippen molar-refractivity contribution < 1.29 is 41.2 Å². The molecule has 0 bridgehead atoms. The fourth-order valence-electron chi connectivity index (χ4n) is 7.10. The van der Waals surface area contributed by atoms with Crippen LogP contribution in [0.5, 0.6) is 5.75 Å². The number of hydrogen-bond donors (Lipinski definition) is 3. The summed E-state index contributed by atoms with van der Waals surface area (Å²) < 4.78 is 52.1. The first kappa shape index (κ1) is 40.7. The van der Waals surface area contributed by atoms with Gasteiger partial charge in [-0.1, -0.05) is 50.6 Å². The number of carbonyl (C=O) groups excluding carboxylic acids is 3. The van der Waals surface area contributed by atoms with Crippen LogP contribution in [0, 0.1) is 25.2 Å². The highest BCUT2D eigenvalue weighted by Gasteiger charge is 2.53. The number of amides is 3. The molecule has 0 spiro atoms. The van der Waals surface area contributed by atoms with Crippen molar-refractivity contribution in [2.24, 2.45) is 11.3 Å². The van der Waals surface area contributed by atoms with E-state index in [1.54, 1.807) is 50.5 Å². The number of ether oxygens (including phenoxy) is 1. The van der Waals surface area contributed by atoms with Gasteiger partial charge in [0.15, 0.2) is 5.67 Å². The smallest absolute Gasteiger partial charge is 0.296 e. The first-order valence-corrected chi connectivity index (χ1v) is 21.1. The van der Waals surface area contributed by atoms with Crippen LogP contribution in [-0.2, 0) is 35.2 Å². The van der Waals surface area contributed by atoms with Crippen LogP contribution >= 0.6 is 11.3 Å². The lowest BCUT2D eigenvalue weighted by atomic mass is 9.85. The van der Waals surface area contributed by atoms with Crippen LogP contribution < -0.4 is 15.4 Å². The number of aromatic nitrogens is 1. The maximum atomic E-state index is 14.6.